The van der Waals surface area contributed by atoms with Gasteiger partial charge < -0.3 is 4.98 Å². The fourth-order valence-corrected chi connectivity index (χ4v) is 3.08. The predicted octanol–water partition coefficient (Wildman–Crippen LogP) is 6.32. The number of H-pyrrole nitrogens is 1. The molecular formula is C17H9Cl4NO. The van der Waals surface area contributed by atoms with E-state index in [2.05, 4.69) is 4.98 Å². The topological polar surface area (TPSA) is 32.9 Å². The fraction of sp³-hybridized carbons (Fsp3) is 0. The lowest BCUT2D eigenvalue weighted by Gasteiger charge is -2.09. The number of halogens is 4. The summed E-state index contributed by atoms with van der Waals surface area (Å²) < 4.78 is 0. The van der Waals surface area contributed by atoms with Gasteiger partial charge in [0.25, 0.3) is 0 Å². The predicted molar refractivity (Wildman–Crippen MR) is 98.0 cm³/mol. The van der Waals surface area contributed by atoms with Gasteiger partial charge in [-0.05, 0) is 36.4 Å². The van der Waals surface area contributed by atoms with Crippen LogP contribution in [0.4, 0.5) is 0 Å². The zero-order chi connectivity index (χ0) is 16.6. The second-order valence-corrected chi connectivity index (χ2v) is 6.55. The Bertz CT molecular complexity index is 877. The molecule has 0 aliphatic rings. The van der Waals surface area contributed by atoms with E-state index in [0.29, 0.717) is 42.3 Å². The standard InChI is InChI=1S/C17H9Cl4NO/c18-9-1-3-15(20)11(5-9)13-7-22-8-14(17(13)23)12-6-10(19)2-4-16(12)21/h1-8H,(H,22,23). The summed E-state index contributed by atoms with van der Waals surface area (Å²) in [5.74, 6) is 0. The molecule has 0 unspecified atom stereocenters. The number of pyridine rings is 1. The van der Waals surface area contributed by atoms with Crippen LogP contribution in [0.2, 0.25) is 20.1 Å². The largest absolute Gasteiger partial charge is 0.366 e. The Morgan fingerprint density at radius 2 is 1.09 bits per heavy atom. The average molecular weight is 385 g/mol. The quantitative estimate of drug-likeness (QED) is 0.550. The Hall–Kier alpha value is -1.45. The summed E-state index contributed by atoms with van der Waals surface area (Å²) in [6.45, 7) is 0. The van der Waals surface area contributed by atoms with Gasteiger partial charge in [0.15, 0.2) is 5.43 Å². The van der Waals surface area contributed by atoms with Gasteiger partial charge in [-0.1, -0.05) is 46.4 Å². The molecule has 116 valence electrons. The lowest BCUT2D eigenvalue weighted by molar-refractivity contribution is 1.30. The highest BCUT2D eigenvalue weighted by Crippen LogP contribution is 2.32. The van der Waals surface area contributed by atoms with Gasteiger partial charge in [0.2, 0.25) is 0 Å². The van der Waals surface area contributed by atoms with Crippen LogP contribution in [0.1, 0.15) is 0 Å². The maximum Gasteiger partial charge on any atom is 0.197 e. The van der Waals surface area contributed by atoms with Gasteiger partial charge in [-0.3, -0.25) is 4.79 Å². The van der Waals surface area contributed by atoms with Crippen LogP contribution < -0.4 is 5.43 Å². The van der Waals surface area contributed by atoms with E-state index in [-0.39, 0.29) is 5.43 Å². The summed E-state index contributed by atoms with van der Waals surface area (Å²) in [7, 11) is 0. The van der Waals surface area contributed by atoms with Crippen molar-refractivity contribution in [2.75, 3.05) is 0 Å². The van der Waals surface area contributed by atoms with Gasteiger partial charge in [-0.2, -0.15) is 0 Å². The summed E-state index contributed by atoms with van der Waals surface area (Å²) in [5, 5.41) is 1.87. The van der Waals surface area contributed by atoms with Crippen LogP contribution in [-0.4, -0.2) is 4.98 Å². The molecule has 0 amide bonds. The maximum atomic E-state index is 12.9. The first kappa shape index (κ1) is 16.4. The van der Waals surface area contributed by atoms with Crippen molar-refractivity contribution in [1.82, 2.24) is 4.98 Å². The normalized spacial score (nSPS) is 10.8. The van der Waals surface area contributed by atoms with Crippen molar-refractivity contribution >= 4 is 46.4 Å². The maximum absolute atomic E-state index is 12.9. The molecule has 0 saturated heterocycles. The smallest absolute Gasteiger partial charge is 0.197 e. The van der Waals surface area contributed by atoms with E-state index >= 15 is 0 Å². The van der Waals surface area contributed by atoms with Gasteiger partial charge in [0.1, 0.15) is 0 Å². The first-order chi connectivity index (χ1) is 11.0. The zero-order valence-corrected chi connectivity index (χ0v) is 14.6. The molecule has 23 heavy (non-hydrogen) atoms. The molecule has 2 aromatic carbocycles. The molecule has 1 N–H and O–H groups in total. The van der Waals surface area contributed by atoms with Crippen molar-refractivity contribution in [3.63, 3.8) is 0 Å². The summed E-state index contributed by atoms with van der Waals surface area (Å²) >= 11 is 24.4. The van der Waals surface area contributed by atoms with E-state index in [1.807, 2.05) is 0 Å². The van der Waals surface area contributed by atoms with Crippen molar-refractivity contribution in [3.05, 3.63) is 79.1 Å². The Morgan fingerprint density at radius 1 is 0.652 bits per heavy atom. The van der Waals surface area contributed by atoms with E-state index in [1.165, 1.54) is 0 Å². The van der Waals surface area contributed by atoms with Crippen LogP contribution in [0.3, 0.4) is 0 Å². The number of hydrogen-bond donors (Lipinski definition) is 1. The Morgan fingerprint density at radius 3 is 1.52 bits per heavy atom. The Kier molecular flexibility index (Phi) is 4.69. The molecule has 3 rings (SSSR count). The second kappa shape index (κ2) is 6.58. The fourth-order valence-electron chi connectivity index (χ4n) is 2.29. The molecule has 0 radical (unpaired) electrons. The van der Waals surface area contributed by atoms with Gasteiger partial charge >= 0.3 is 0 Å². The summed E-state index contributed by atoms with van der Waals surface area (Å²) in [5.41, 5.74) is 1.72. The van der Waals surface area contributed by atoms with Crippen LogP contribution in [0.25, 0.3) is 22.3 Å². The van der Waals surface area contributed by atoms with Gasteiger partial charge in [-0.15, -0.1) is 0 Å². The number of nitrogens with one attached hydrogen (secondary N) is 1. The molecule has 6 heteroatoms. The molecule has 0 spiro atoms. The van der Waals surface area contributed by atoms with Crippen LogP contribution in [-0.2, 0) is 0 Å². The highest BCUT2D eigenvalue weighted by atomic mass is 35.5. The third-order valence-electron chi connectivity index (χ3n) is 3.38. The van der Waals surface area contributed by atoms with Crippen LogP contribution in [0.15, 0.2) is 53.6 Å². The lowest BCUT2D eigenvalue weighted by Crippen LogP contribution is -2.09. The molecule has 1 heterocycles. The average Bonchev–Trinajstić information content (AvgIpc) is 2.53. The van der Waals surface area contributed by atoms with E-state index in [0.717, 1.165) is 0 Å². The van der Waals surface area contributed by atoms with Crippen LogP contribution >= 0.6 is 46.4 Å². The molecule has 0 aliphatic heterocycles. The molecule has 0 saturated carbocycles. The molecule has 2 nitrogen and oxygen atoms in total. The first-order valence-corrected chi connectivity index (χ1v) is 8.10. The summed E-state index contributed by atoms with van der Waals surface area (Å²) in [6.07, 6.45) is 3.17. The van der Waals surface area contributed by atoms with Gasteiger partial charge in [-0.25, -0.2) is 0 Å². The Labute approximate surface area is 152 Å². The summed E-state index contributed by atoms with van der Waals surface area (Å²) in [6, 6.07) is 9.93. The van der Waals surface area contributed by atoms with Crippen molar-refractivity contribution in [2.45, 2.75) is 0 Å². The van der Waals surface area contributed by atoms with Gasteiger partial charge in [0, 0.05) is 54.7 Å². The van der Waals surface area contributed by atoms with Crippen molar-refractivity contribution in [1.29, 1.82) is 0 Å². The monoisotopic (exact) mass is 383 g/mol. The van der Waals surface area contributed by atoms with Crippen LogP contribution in [0, 0.1) is 0 Å². The Balaban J connectivity index is 2.26. The van der Waals surface area contributed by atoms with Crippen LogP contribution in [0.5, 0.6) is 0 Å². The third kappa shape index (κ3) is 3.26. The molecule has 0 atom stereocenters. The minimum Gasteiger partial charge on any atom is -0.366 e. The van der Waals surface area contributed by atoms with E-state index in [4.69, 9.17) is 46.4 Å². The number of aromatic amines is 1. The minimum absolute atomic E-state index is 0.211. The zero-order valence-electron chi connectivity index (χ0n) is 11.5. The number of aromatic nitrogens is 1. The van der Waals surface area contributed by atoms with E-state index < -0.39 is 0 Å². The first-order valence-electron chi connectivity index (χ1n) is 6.59. The number of rotatable bonds is 2. The highest BCUT2D eigenvalue weighted by molar-refractivity contribution is 6.36. The lowest BCUT2D eigenvalue weighted by atomic mass is 10.0. The van der Waals surface area contributed by atoms with E-state index in [1.54, 1.807) is 48.8 Å². The minimum atomic E-state index is -0.211. The SMILES string of the molecule is O=c1c(-c2cc(Cl)ccc2Cl)c[nH]cc1-c1cc(Cl)ccc1Cl. The van der Waals surface area contributed by atoms with E-state index in [9.17, 15) is 4.79 Å². The molecular weight excluding hydrogens is 376 g/mol. The molecule has 1 aromatic heterocycles. The second-order valence-electron chi connectivity index (χ2n) is 4.86. The number of benzene rings is 2. The third-order valence-corrected chi connectivity index (χ3v) is 4.51. The molecule has 0 fully saturated rings. The highest BCUT2D eigenvalue weighted by Gasteiger charge is 2.14. The molecule has 0 aliphatic carbocycles. The molecule has 0 bridgehead atoms. The van der Waals surface area contributed by atoms with Crippen molar-refractivity contribution < 1.29 is 0 Å². The summed E-state index contributed by atoms with van der Waals surface area (Å²) in [4.78, 5) is 15.8. The van der Waals surface area contributed by atoms with Gasteiger partial charge in [0.05, 0.1) is 0 Å². The van der Waals surface area contributed by atoms with Crippen molar-refractivity contribution in [3.8, 4) is 22.3 Å². The van der Waals surface area contributed by atoms with Crippen molar-refractivity contribution in [2.24, 2.45) is 0 Å². The molecule has 3 aromatic rings. The number of hydrogen-bond acceptors (Lipinski definition) is 1.